The first-order chi connectivity index (χ1) is 7.63. The predicted octanol–water partition coefficient (Wildman–Crippen LogP) is 0.132. The molecule has 5 nitrogen and oxygen atoms in total. The van der Waals surface area contributed by atoms with E-state index in [1.54, 1.807) is 4.90 Å². The highest BCUT2D eigenvalue weighted by atomic mass is 35.5. The Hall–Kier alpha value is -0.810. The standard InChI is InChI=1S/C11H21N3O2.ClH/c1-9(6-12)7-13-10(15)8-14-5-3-2-4-11(14)16;/h9H,2-8,12H2,1H3,(H,13,15);1H. The van der Waals surface area contributed by atoms with Gasteiger partial charge in [0.1, 0.15) is 0 Å². The predicted molar refractivity (Wildman–Crippen MR) is 68.9 cm³/mol. The Morgan fingerprint density at radius 3 is 2.82 bits per heavy atom. The lowest BCUT2D eigenvalue weighted by atomic mass is 10.1. The molecule has 0 aromatic rings. The normalized spacial score (nSPS) is 17.3. The summed E-state index contributed by atoms with van der Waals surface area (Å²) in [7, 11) is 0. The topological polar surface area (TPSA) is 75.4 Å². The Balaban J connectivity index is 0.00000256. The molecule has 100 valence electrons. The first-order valence-electron chi connectivity index (χ1n) is 5.88. The molecule has 0 aromatic carbocycles. The lowest BCUT2D eigenvalue weighted by Gasteiger charge is -2.26. The number of nitrogens with zero attached hydrogens (tertiary/aromatic N) is 1. The van der Waals surface area contributed by atoms with Crippen LogP contribution in [0.15, 0.2) is 0 Å². The third kappa shape index (κ3) is 5.89. The van der Waals surface area contributed by atoms with Crippen LogP contribution in [0.2, 0.25) is 0 Å². The molecule has 0 aromatic heterocycles. The summed E-state index contributed by atoms with van der Waals surface area (Å²) < 4.78 is 0. The number of hydrogen-bond acceptors (Lipinski definition) is 3. The van der Waals surface area contributed by atoms with Gasteiger partial charge in [0, 0.05) is 19.5 Å². The van der Waals surface area contributed by atoms with Crippen molar-refractivity contribution in [2.45, 2.75) is 26.2 Å². The average Bonchev–Trinajstić information content (AvgIpc) is 2.29. The zero-order chi connectivity index (χ0) is 12.0. The second kappa shape index (κ2) is 8.31. The SMILES string of the molecule is CC(CN)CNC(=O)CN1CCCCC1=O.Cl. The number of nitrogens with two attached hydrogens (primary N) is 1. The van der Waals surface area contributed by atoms with Crippen molar-refractivity contribution in [2.75, 3.05) is 26.2 Å². The summed E-state index contributed by atoms with van der Waals surface area (Å²) in [6.07, 6.45) is 2.52. The van der Waals surface area contributed by atoms with Gasteiger partial charge in [0.25, 0.3) is 0 Å². The molecule has 3 N–H and O–H groups in total. The van der Waals surface area contributed by atoms with Crippen molar-refractivity contribution in [2.24, 2.45) is 11.7 Å². The fraction of sp³-hybridized carbons (Fsp3) is 0.818. The molecule has 1 fully saturated rings. The minimum atomic E-state index is -0.0875. The molecule has 0 aliphatic carbocycles. The number of halogens is 1. The van der Waals surface area contributed by atoms with Gasteiger partial charge < -0.3 is 16.0 Å². The highest BCUT2D eigenvalue weighted by molar-refractivity contribution is 5.85. The summed E-state index contributed by atoms with van der Waals surface area (Å²) in [5.41, 5.74) is 5.45. The molecule has 6 heteroatoms. The van der Waals surface area contributed by atoms with Crippen LogP contribution >= 0.6 is 12.4 Å². The summed E-state index contributed by atoms with van der Waals surface area (Å²) in [6.45, 7) is 4.02. The lowest BCUT2D eigenvalue weighted by molar-refractivity contribution is -0.137. The van der Waals surface area contributed by atoms with E-state index in [-0.39, 0.29) is 36.7 Å². The van der Waals surface area contributed by atoms with Crippen molar-refractivity contribution < 1.29 is 9.59 Å². The summed E-state index contributed by atoms with van der Waals surface area (Å²) >= 11 is 0. The third-order valence-electron chi connectivity index (χ3n) is 2.81. The van der Waals surface area contributed by atoms with E-state index in [9.17, 15) is 9.59 Å². The molecule has 17 heavy (non-hydrogen) atoms. The summed E-state index contributed by atoms with van der Waals surface area (Å²) in [4.78, 5) is 24.6. The quantitative estimate of drug-likeness (QED) is 0.741. The third-order valence-corrected chi connectivity index (χ3v) is 2.81. The van der Waals surface area contributed by atoms with Crippen molar-refractivity contribution in [3.63, 3.8) is 0 Å². The van der Waals surface area contributed by atoms with Crippen molar-refractivity contribution >= 4 is 24.2 Å². The van der Waals surface area contributed by atoms with Gasteiger partial charge in [-0.2, -0.15) is 0 Å². The molecule has 1 saturated heterocycles. The zero-order valence-corrected chi connectivity index (χ0v) is 11.1. The van der Waals surface area contributed by atoms with Crippen molar-refractivity contribution in [3.8, 4) is 0 Å². The molecule has 1 unspecified atom stereocenters. The maximum absolute atomic E-state index is 11.5. The van der Waals surface area contributed by atoms with Gasteiger partial charge in [-0.15, -0.1) is 12.4 Å². The van der Waals surface area contributed by atoms with Gasteiger partial charge in [0.2, 0.25) is 11.8 Å². The van der Waals surface area contributed by atoms with E-state index in [2.05, 4.69) is 5.32 Å². The zero-order valence-electron chi connectivity index (χ0n) is 10.3. The Morgan fingerprint density at radius 1 is 1.53 bits per heavy atom. The van der Waals surface area contributed by atoms with Crippen LogP contribution < -0.4 is 11.1 Å². The smallest absolute Gasteiger partial charge is 0.239 e. The van der Waals surface area contributed by atoms with Crippen LogP contribution in [0.5, 0.6) is 0 Å². The molecular formula is C11H22ClN3O2. The van der Waals surface area contributed by atoms with Crippen LogP contribution in [-0.2, 0) is 9.59 Å². The number of carbonyl (C=O) groups is 2. The number of carbonyl (C=O) groups excluding carboxylic acids is 2. The van der Waals surface area contributed by atoms with Gasteiger partial charge in [0.05, 0.1) is 6.54 Å². The first kappa shape index (κ1) is 16.2. The van der Waals surface area contributed by atoms with Gasteiger partial charge in [-0.05, 0) is 25.3 Å². The van der Waals surface area contributed by atoms with Gasteiger partial charge in [0.15, 0.2) is 0 Å². The fourth-order valence-corrected chi connectivity index (χ4v) is 1.63. The van der Waals surface area contributed by atoms with Crippen LogP contribution in [0, 0.1) is 5.92 Å². The van der Waals surface area contributed by atoms with Gasteiger partial charge in [-0.3, -0.25) is 9.59 Å². The lowest BCUT2D eigenvalue weighted by Crippen LogP contribution is -2.44. The first-order valence-corrected chi connectivity index (χ1v) is 5.88. The Morgan fingerprint density at radius 2 is 2.24 bits per heavy atom. The molecule has 0 spiro atoms. The summed E-state index contributed by atoms with van der Waals surface area (Å²) in [5.74, 6) is 0.282. The van der Waals surface area contributed by atoms with Crippen molar-refractivity contribution in [1.29, 1.82) is 0 Å². The van der Waals surface area contributed by atoms with Crippen LogP contribution in [0.4, 0.5) is 0 Å². The Kier molecular flexibility index (Phi) is 7.91. The number of rotatable bonds is 5. The van der Waals surface area contributed by atoms with E-state index in [1.165, 1.54) is 0 Å². The van der Waals surface area contributed by atoms with E-state index in [4.69, 9.17) is 5.73 Å². The molecular weight excluding hydrogens is 242 g/mol. The van der Waals surface area contributed by atoms with E-state index in [1.807, 2.05) is 6.92 Å². The summed E-state index contributed by atoms with van der Waals surface area (Å²) in [6, 6.07) is 0. The number of hydrogen-bond donors (Lipinski definition) is 2. The molecule has 0 saturated carbocycles. The van der Waals surface area contributed by atoms with Crippen LogP contribution in [0.3, 0.4) is 0 Å². The Labute approximate surface area is 109 Å². The van der Waals surface area contributed by atoms with E-state index < -0.39 is 0 Å². The number of likely N-dealkylation sites (tertiary alicyclic amines) is 1. The van der Waals surface area contributed by atoms with Gasteiger partial charge in [-0.25, -0.2) is 0 Å². The molecule has 1 atom stereocenters. The molecule has 1 aliphatic heterocycles. The molecule has 1 heterocycles. The number of amides is 2. The highest BCUT2D eigenvalue weighted by Gasteiger charge is 2.20. The maximum atomic E-state index is 11.5. The molecule has 1 aliphatic rings. The minimum Gasteiger partial charge on any atom is -0.354 e. The van der Waals surface area contributed by atoms with Crippen molar-refractivity contribution in [1.82, 2.24) is 10.2 Å². The molecule has 0 bridgehead atoms. The van der Waals surface area contributed by atoms with Crippen molar-refractivity contribution in [3.05, 3.63) is 0 Å². The van der Waals surface area contributed by atoms with Gasteiger partial charge in [-0.1, -0.05) is 6.92 Å². The van der Waals surface area contributed by atoms with Crippen LogP contribution in [-0.4, -0.2) is 42.9 Å². The van der Waals surface area contributed by atoms with E-state index >= 15 is 0 Å². The highest BCUT2D eigenvalue weighted by Crippen LogP contribution is 2.09. The summed E-state index contributed by atoms with van der Waals surface area (Å²) in [5, 5.41) is 2.79. The van der Waals surface area contributed by atoms with E-state index in [0.29, 0.717) is 26.1 Å². The van der Waals surface area contributed by atoms with Crippen LogP contribution in [0.1, 0.15) is 26.2 Å². The average molecular weight is 264 g/mol. The van der Waals surface area contributed by atoms with Gasteiger partial charge >= 0.3 is 0 Å². The van der Waals surface area contributed by atoms with Crippen LogP contribution in [0.25, 0.3) is 0 Å². The molecule has 0 radical (unpaired) electrons. The molecule has 2 amide bonds. The maximum Gasteiger partial charge on any atom is 0.239 e. The second-order valence-electron chi connectivity index (χ2n) is 4.42. The monoisotopic (exact) mass is 263 g/mol. The minimum absolute atomic E-state index is 0. The fourth-order valence-electron chi connectivity index (χ4n) is 1.63. The molecule has 1 rings (SSSR count). The number of piperidine rings is 1. The number of nitrogens with one attached hydrogen (secondary N) is 1. The Bertz CT molecular complexity index is 261. The van der Waals surface area contributed by atoms with E-state index in [0.717, 1.165) is 12.8 Å². The largest absolute Gasteiger partial charge is 0.354 e. The second-order valence-corrected chi connectivity index (χ2v) is 4.42.